The van der Waals surface area contributed by atoms with Gasteiger partial charge in [-0.3, -0.25) is 0 Å². The Balaban J connectivity index is 1.80. The number of aromatic nitrogens is 1. The molecular formula is C15H16ClN3. The summed E-state index contributed by atoms with van der Waals surface area (Å²) < 4.78 is 0. The second kappa shape index (κ2) is 5.59. The van der Waals surface area contributed by atoms with Gasteiger partial charge in [0.25, 0.3) is 0 Å². The van der Waals surface area contributed by atoms with Crippen LogP contribution in [0.1, 0.15) is 0 Å². The molecule has 0 radical (unpaired) electrons. The van der Waals surface area contributed by atoms with Gasteiger partial charge in [0.2, 0.25) is 0 Å². The maximum atomic E-state index is 5.90. The fraction of sp³-hybridized carbons (Fsp3) is 0.267. The van der Waals surface area contributed by atoms with Crippen LogP contribution in [0.4, 0.5) is 5.82 Å². The van der Waals surface area contributed by atoms with E-state index in [1.54, 1.807) is 0 Å². The number of benzene rings is 1. The van der Waals surface area contributed by atoms with Crippen molar-refractivity contribution in [1.29, 1.82) is 0 Å². The molecule has 2 aromatic rings. The highest BCUT2D eigenvalue weighted by molar-refractivity contribution is 6.30. The lowest BCUT2D eigenvalue weighted by Crippen LogP contribution is -2.43. The van der Waals surface area contributed by atoms with Crippen LogP contribution >= 0.6 is 11.6 Å². The zero-order chi connectivity index (χ0) is 13.1. The molecule has 4 heteroatoms. The maximum Gasteiger partial charge on any atom is 0.128 e. The van der Waals surface area contributed by atoms with E-state index < -0.39 is 0 Å². The summed E-state index contributed by atoms with van der Waals surface area (Å²) in [4.78, 5) is 6.87. The summed E-state index contributed by atoms with van der Waals surface area (Å²) in [6, 6.07) is 12.1. The van der Waals surface area contributed by atoms with Crippen molar-refractivity contribution >= 4 is 17.4 Å². The summed E-state index contributed by atoms with van der Waals surface area (Å²) in [6.45, 7) is 4.10. The minimum atomic E-state index is 0.758. The average Bonchev–Trinajstić information content (AvgIpc) is 2.49. The molecule has 19 heavy (non-hydrogen) atoms. The Bertz CT molecular complexity index is 530. The third-order valence-electron chi connectivity index (χ3n) is 3.37. The lowest BCUT2D eigenvalue weighted by Gasteiger charge is -2.28. The van der Waals surface area contributed by atoms with Gasteiger partial charge >= 0.3 is 0 Å². The Morgan fingerprint density at radius 1 is 0.947 bits per heavy atom. The standard InChI is InChI=1S/C15H16ClN3/c16-14-4-1-12(2-5-14)13-3-6-15(18-11-13)19-9-7-17-8-10-19/h1-6,11,17H,7-10H2. The van der Waals surface area contributed by atoms with E-state index in [-0.39, 0.29) is 0 Å². The van der Waals surface area contributed by atoms with Crippen molar-refractivity contribution in [2.75, 3.05) is 31.1 Å². The van der Waals surface area contributed by atoms with Crippen LogP contribution in [0, 0.1) is 0 Å². The van der Waals surface area contributed by atoms with Gasteiger partial charge in [-0.05, 0) is 29.8 Å². The summed E-state index contributed by atoms with van der Waals surface area (Å²) in [7, 11) is 0. The summed E-state index contributed by atoms with van der Waals surface area (Å²) in [5, 5.41) is 4.10. The number of hydrogen-bond donors (Lipinski definition) is 1. The molecule has 1 aromatic heterocycles. The van der Waals surface area contributed by atoms with Gasteiger partial charge < -0.3 is 10.2 Å². The second-order valence-electron chi connectivity index (χ2n) is 4.65. The third-order valence-corrected chi connectivity index (χ3v) is 3.62. The molecule has 1 saturated heterocycles. The zero-order valence-electron chi connectivity index (χ0n) is 10.6. The number of nitrogens with one attached hydrogen (secondary N) is 1. The summed E-state index contributed by atoms with van der Waals surface area (Å²) >= 11 is 5.90. The second-order valence-corrected chi connectivity index (χ2v) is 5.09. The Kier molecular flexibility index (Phi) is 3.67. The molecule has 3 rings (SSSR count). The minimum absolute atomic E-state index is 0.758. The lowest BCUT2D eigenvalue weighted by molar-refractivity contribution is 0.585. The zero-order valence-corrected chi connectivity index (χ0v) is 11.4. The van der Waals surface area contributed by atoms with Crippen LogP contribution in [0.25, 0.3) is 11.1 Å². The lowest BCUT2D eigenvalue weighted by atomic mass is 10.1. The first-order valence-corrected chi connectivity index (χ1v) is 6.88. The molecular weight excluding hydrogens is 258 g/mol. The molecule has 1 fully saturated rings. The maximum absolute atomic E-state index is 5.90. The molecule has 1 aromatic carbocycles. The van der Waals surface area contributed by atoms with E-state index in [2.05, 4.69) is 27.3 Å². The van der Waals surface area contributed by atoms with E-state index in [4.69, 9.17) is 11.6 Å². The van der Waals surface area contributed by atoms with Crippen molar-refractivity contribution in [3.63, 3.8) is 0 Å². The molecule has 0 unspecified atom stereocenters. The van der Waals surface area contributed by atoms with Crippen LogP contribution in [-0.2, 0) is 0 Å². The van der Waals surface area contributed by atoms with Crippen molar-refractivity contribution in [3.05, 3.63) is 47.6 Å². The molecule has 3 nitrogen and oxygen atoms in total. The van der Waals surface area contributed by atoms with Gasteiger partial charge in [0.05, 0.1) is 0 Å². The molecule has 1 N–H and O–H groups in total. The van der Waals surface area contributed by atoms with Crippen molar-refractivity contribution in [3.8, 4) is 11.1 Å². The third kappa shape index (κ3) is 2.88. The van der Waals surface area contributed by atoms with E-state index in [1.807, 2.05) is 30.5 Å². The van der Waals surface area contributed by atoms with Gasteiger partial charge in [-0.1, -0.05) is 23.7 Å². The summed E-state index contributed by atoms with van der Waals surface area (Å²) in [6.07, 6.45) is 1.93. The fourth-order valence-electron chi connectivity index (χ4n) is 2.28. The quantitative estimate of drug-likeness (QED) is 0.912. The van der Waals surface area contributed by atoms with Crippen LogP contribution in [0.5, 0.6) is 0 Å². The molecule has 0 bridgehead atoms. The van der Waals surface area contributed by atoms with Crippen LogP contribution in [-0.4, -0.2) is 31.2 Å². The highest BCUT2D eigenvalue weighted by Crippen LogP contribution is 2.22. The predicted molar refractivity (Wildman–Crippen MR) is 79.8 cm³/mol. The van der Waals surface area contributed by atoms with E-state index in [0.29, 0.717) is 0 Å². The van der Waals surface area contributed by atoms with Crippen LogP contribution < -0.4 is 10.2 Å². The topological polar surface area (TPSA) is 28.2 Å². The predicted octanol–water partition coefficient (Wildman–Crippen LogP) is 2.81. The van der Waals surface area contributed by atoms with Gasteiger partial charge in [0.15, 0.2) is 0 Å². The van der Waals surface area contributed by atoms with Crippen LogP contribution in [0.2, 0.25) is 5.02 Å². The Labute approximate surface area is 118 Å². The van der Waals surface area contributed by atoms with Crippen LogP contribution in [0.15, 0.2) is 42.6 Å². The van der Waals surface area contributed by atoms with Gasteiger partial charge in [-0.25, -0.2) is 4.98 Å². The van der Waals surface area contributed by atoms with Crippen molar-refractivity contribution in [2.45, 2.75) is 0 Å². The first kappa shape index (κ1) is 12.5. The number of pyridine rings is 1. The Morgan fingerprint density at radius 3 is 2.26 bits per heavy atom. The monoisotopic (exact) mass is 273 g/mol. The molecule has 0 amide bonds. The molecule has 1 aliphatic heterocycles. The molecule has 1 aliphatic rings. The molecule has 2 heterocycles. The van der Waals surface area contributed by atoms with E-state index in [0.717, 1.165) is 48.1 Å². The van der Waals surface area contributed by atoms with Gasteiger partial charge in [0, 0.05) is 43.0 Å². The Hall–Kier alpha value is -1.58. The smallest absolute Gasteiger partial charge is 0.128 e. The number of rotatable bonds is 2. The van der Waals surface area contributed by atoms with E-state index >= 15 is 0 Å². The van der Waals surface area contributed by atoms with Crippen molar-refractivity contribution in [1.82, 2.24) is 10.3 Å². The van der Waals surface area contributed by atoms with Gasteiger partial charge in [-0.15, -0.1) is 0 Å². The molecule has 0 spiro atoms. The summed E-state index contributed by atoms with van der Waals surface area (Å²) in [5.74, 6) is 1.05. The SMILES string of the molecule is Clc1ccc(-c2ccc(N3CCNCC3)nc2)cc1. The van der Waals surface area contributed by atoms with E-state index in [1.165, 1.54) is 0 Å². The van der Waals surface area contributed by atoms with Gasteiger partial charge in [0.1, 0.15) is 5.82 Å². The fourth-order valence-corrected chi connectivity index (χ4v) is 2.41. The molecule has 0 aliphatic carbocycles. The highest BCUT2D eigenvalue weighted by atomic mass is 35.5. The average molecular weight is 274 g/mol. The first-order chi connectivity index (χ1) is 9.33. The van der Waals surface area contributed by atoms with Crippen molar-refractivity contribution in [2.24, 2.45) is 0 Å². The number of halogens is 1. The Morgan fingerprint density at radius 2 is 1.63 bits per heavy atom. The number of anilines is 1. The minimum Gasteiger partial charge on any atom is -0.354 e. The number of nitrogens with zero attached hydrogens (tertiary/aromatic N) is 2. The summed E-state index contributed by atoms with van der Waals surface area (Å²) in [5.41, 5.74) is 2.26. The largest absolute Gasteiger partial charge is 0.354 e. The normalized spacial score (nSPS) is 15.5. The molecule has 0 atom stereocenters. The first-order valence-electron chi connectivity index (χ1n) is 6.50. The highest BCUT2D eigenvalue weighted by Gasteiger charge is 2.11. The van der Waals surface area contributed by atoms with Gasteiger partial charge in [-0.2, -0.15) is 0 Å². The van der Waals surface area contributed by atoms with Crippen LogP contribution in [0.3, 0.4) is 0 Å². The van der Waals surface area contributed by atoms with E-state index in [9.17, 15) is 0 Å². The number of hydrogen-bond acceptors (Lipinski definition) is 3. The number of piperazine rings is 1. The van der Waals surface area contributed by atoms with Crippen molar-refractivity contribution < 1.29 is 0 Å². The molecule has 0 saturated carbocycles. The molecule has 98 valence electrons.